The van der Waals surface area contributed by atoms with Crippen LogP contribution in [0.1, 0.15) is 24.1 Å². The van der Waals surface area contributed by atoms with Crippen molar-refractivity contribution in [2.45, 2.75) is 19.6 Å². The molecule has 0 radical (unpaired) electrons. The van der Waals surface area contributed by atoms with Gasteiger partial charge in [-0.2, -0.15) is 8.78 Å². The first-order valence-electron chi connectivity index (χ1n) is 8.62. The van der Waals surface area contributed by atoms with Crippen molar-refractivity contribution in [2.24, 2.45) is 0 Å². The number of hydrogen-bond donors (Lipinski definition) is 1. The lowest BCUT2D eigenvalue weighted by Gasteiger charge is -2.20. The number of carbonyl (C=O) groups is 2. The molecule has 2 aromatic carbocycles. The van der Waals surface area contributed by atoms with E-state index < -0.39 is 12.7 Å². The smallest absolute Gasteiger partial charge is 0.387 e. The Labute approximate surface area is 166 Å². The summed E-state index contributed by atoms with van der Waals surface area (Å²) in [6.45, 7) is -0.878. The highest BCUT2D eigenvalue weighted by Gasteiger charge is 2.17. The summed E-state index contributed by atoms with van der Waals surface area (Å²) in [5, 5.41) is 2.91. The number of rotatable bonds is 10. The van der Waals surface area contributed by atoms with E-state index in [1.165, 1.54) is 12.1 Å². The highest BCUT2D eigenvalue weighted by atomic mass is 32.2. The van der Waals surface area contributed by atoms with Gasteiger partial charge in [-0.05, 0) is 30.2 Å². The van der Waals surface area contributed by atoms with E-state index in [9.17, 15) is 18.4 Å². The molecule has 0 heterocycles. The molecule has 0 unspecified atom stereocenters. The molecule has 0 bridgehead atoms. The van der Waals surface area contributed by atoms with Gasteiger partial charge in [0.05, 0.1) is 24.2 Å². The van der Waals surface area contributed by atoms with Gasteiger partial charge in [0.15, 0.2) is 0 Å². The number of nitrogens with one attached hydrogen (secondary N) is 1. The summed E-state index contributed by atoms with van der Waals surface area (Å²) >= 11 is 1.16. The predicted octanol–water partition coefficient (Wildman–Crippen LogP) is 3.79. The van der Waals surface area contributed by atoms with Gasteiger partial charge in [0.1, 0.15) is 5.75 Å². The van der Waals surface area contributed by atoms with Crippen molar-refractivity contribution in [1.29, 1.82) is 0 Å². The Balaban J connectivity index is 2.06. The third-order valence-corrected chi connectivity index (χ3v) is 4.54. The van der Waals surface area contributed by atoms with Gasteiger partial charge >= 0.3 is 12.6 Å². The Morgan fingerprint density at radius 3 is 2.25 bits per heavy atom. The topological polar surface area (TPSA) is 64.6 Å². The van der Waals surface area contributed by atoms with Crippen LogP contribution < -0.4 is 10.1 Å². The van der Waals surface area contributed by atoms with Crippen LogP contribution in [0, 0.1) is 0 Å². The average molecular weight is 409 g/mol. The number of benzene rings is 2. The van der Waals surface area contributed by atoms with Gasteiger partial charge in [-0.25, -0.2) is 0 Å². The Morgan fingerprint density at radius 2 is 1.64 bits per heavy atom. The Morgan fingerprint density at radius 1 is 1.00 bits per heavy atom. The van der Waals surface area contributed by atoms with Gasteiger partial charge in [-0.1, -0.05) is 42.5 Å². The molecular formula is C20H21F2NO4S. The fourth-order valence-corrected chi connectivity index (χ4v) is 3.10. The zero-order valence-electron chi connectivity index (χ0n) is 15.3. The second kappa shape index (κ2) is 11.3. The predicted molar refractivity (Wildman–Crippen MR) is 103 cm³/mol. The monoisotopic (exact) mass is 409 g/mol. The zero-order valence-corrected chi connectivity index (χ0v) is 16.1. The number of halogens is 2. The number of hydrogen-bond acceptors (Lipinski definition) is 5. The molecule has 0 saturated carbocycles. The maximum atomic E-state index is 12.3. The number of ether oxygens (including phenoxy) is 2. The number of thioether (sulfide) groups is 1. The molecule has 0 spiro atoms. The van der Waals surface area contributed by atoms with E-state index in [0.717, 1.165) is 22.9 Å². The highest BCUT2D eigenvalue weighted by Crippen LogP contribution is 2.25. The lowest BCUT2D eigenvalue weighted by atomic mass is 9.98. The van der Waals surface area contributed by atoms with Crippen LogP contribution in [0.4, 0.5) is 8.78 Å². The molecule has 0 aliphatic rings. The maximum Gasteiger partial charge on any atom is 0.387 e. The lowest BCUT2D eigenvalue weighted by Crippen LogP contribution is -2.31. The molecule has 0 aliphatic heterocycles. The van der Waals surface area contributed by atoms with Crippen molar-refractivity contribution < 1.29 is 27.8 Å². The van der Waals surface area contributed by atoms with E-state index >= 15 is 0 Å². The largest absolute Gasteiger partial charge is 0.465 e. The van der Waals surface area contributed by atoms with E-state index in [1.807, 2.05) is 30.3 Å². The molecule has 0 aliphatic carbocycles. The molecule has 2 rings (SSSR count). The Bertz CT molecular complexity index is 757. The van der Waals surface area contributed by atoms with Gasteiger partial charge in [-0.3, -0.25) is 9.59 Å². The summed E-state index contributed by atoms with van der Waals surface area (Å²) in [5.74, 6) is -0.390. The van der Waals surface area contributed by atoms with Crippen LogP contribution in [-0.2, 0) is 14.3 Å². The summed E-state index contributed by atoms with van der Waals surface area (Å²) in [4.78, 5) is 23.7. The van der Waals surface area contributed by atoms with Crippen LogP contribution in [0.25, 0.3) is 0 Å². The molecule has 28 heavy (non-hydrogen) atoms. The first-order valence-corrected chi connectivity index (χ1v) is 9.77. The molecule has 1 amide bonds. The molecule has 1 atom stereocenters. The van der Waals surface area contributed by atoms with Crippen molar-refractivity contribution >= 4 is 23.6 Å². The Hall–Kier alpha value is -2.61. The van der Waals surface area contributed by atoms with Crippen LogP contribution in [0.5, 0.6) is 5.75 Å². The van der Waals surface area contributed by atoms with Crippen LogP contribution >= 0.6 is 11.8 Å². The van der Waals surface area contributed by atoms with Crippen molar-refractivity contribution in [3.05, 3.63) is 65.7 Å². The van der Waals surface area contributed by atoms with Crippen molar-refractivity contribution in [1.82, 2.24) is 5.32 Å². The number of amides is 1. The summed E-state index contributed by atoms with van der Waals surface area (Å²) < 4.78 is 33.8. The number of alkyl halides is 2. The van der Waals surface area contributed by atoms with Crippen LogP contribution in [0.3, 0.4) is 0 Å². The fourth-order valence-electron chi connectivity index (χ4n) is 2.48. The maximum absolute atomic E-state index is 12.3. The van der Waals surface area contributed by atoms with Gasteiger partial charge in [-0.15, -0.1) is 11.8 Å². The molecule has 0 saturated heterocycles. The van der Waals surface area contributed by atoms with E-state index in [-0.39, 0.29) is 29.1 Å². The molecule has 1 N–H and O–H groups in total. The normalized spacial score (nSPS) is 11.7. The first kappa shape index (κ1) is 21.7. The molecule has 5 nitrogen and oxygen atoms in total. The number of carbonyl (C=O) groups excluding carboxylic acids is 2. The van der Waals surface area contributed by atoms with Gasteiger partial charge in [0, 0.05) is 0 Å². The lowest BCUT2D eigenvalue weighted by molar-refractivity contribution is -0.139. The minimum absolute atomic E-state index is 0.0434. The third-order valence-electron chi connectivity index (χ3n) is 3.64. The van der Waals surface area contributed by atoms with Crippen molar-refractivity contribution in [2.75, 3.05) is 18.1 Å². The summed E-state index contributed by atoms with van der Waals surface area (Å²) in [7, 11) is 0. The zero-order chi connectivity index (χ0) is 20.4. The standard InChI is InChI=1S/C20H21F2NO4S/c1-2-26-18(25)13-28-12-17(24)23-19(14-6-4-3-5-7-14)15-8-10-16(11-9-15)27-20(21)22/h3-11,19-20H,2,12-13H2,1H3,(H,23,24)/t19-/m0/s1. The molecule has 0 aromatic heterocycles. The second-order valence-electron chi connectivity index (χ2n) is 5.66. The molecule has 150 valence electrons. The van der Waals surface area contributed by atoms with E-state index in [1.54, 1.807) is 19.1 Å². The average Bonchev–Trinajstić information content (AvgIpc) is 2.67. The molecule has 8 heteroatoms. The minimum atomic E-state index is -2.90. The van der Waals surface area contributed by atoms with Crippen LogP contribution in [0.15, 0.2) is 54.6 Å². The SMILES string of the molecule is CCOC(=O)CSCC(=O)N[C@@H](c1ccccc1)c1ccc(OC(F)F)cc1. The third kappa shape index (κ3) is 7.19. The Kier molecular flexibility index (Phi) is 8.74. The van der Waals surface area contributed by atoms with Gasteiger partial charge in [0.25, 0.3) is 0 Å². The number of esters is 1. The quantitative estimate of drug-likeness (QED) is 0.605. The van der Waals surface area contributed by atoms with Crippen LogP contribution in [-0.4, -0.2) is 36.6 Å². The van der Waals surface area contributed by atoms with E-state index in [4.69, 9.17) is 4.74 Å². The second-order valence-corrected chi connectivity index (χ2v) is 6.64. The molecular weight excluding hydrogens is 388 g/mol. The van der Waals surface area contributed by atoms with Crippen molar-refractivity contribution in [3.8, 4) is 5.75 Å². The van der Waals surface area contributed by atoms with Gasteiger partial charge < -0.3 is 14.8 Å². The highest BCUT2D eigenvalue weighted by molar-refractivity contribution is 8.00. The summed E-state index contributed by atoms with van der Waals surface area (Å²) in [6.07, 6.45) is 0. The summed E-state index contributed by atoms with van der Waals surface area (Å²) in [5.41, 5.74) is 1.56. The van der Waals surface area contributed by atoms with E-state index in [0.29, 0.717) is 6.61 Å². The minimum Gasteiger partial charge on any atom is -0.465 e. The molecule has 2 aromatic rings. The first-order chi connectivity index (χ1) is 13.5. The summed E-state index contributed by atoms with van der Waals surface area (Å²) in [6, 6.07) is 14.9. The van der Waals surface area contributed by atoms with E-state index in [2.05, 4.69) is 10.1 Å². The van der Waals surface area contributed by atoms with Crippen LogP contribution in [0.2, 0.25) is 0 Å². The van der Waals surface area contributed by atoms with Gasteiger partial charge in [0.2, 0.25) is 5.91 Å². The fraction of sp³-hybridized carbons (Fsp3) is 0.300. The molecule has 0 fully saturated rings. The van der Waals surface area contributed by atoms with Crippen molar-refractivity contribution in [3.63, 3.8) is 0 Å².